The number of amides is 1. The second-order valence-corrected chi connectivity index (χ2v) is 7.48. The maximum atomic E-state index is 12.7. The van der Waals surface area contributed by atoms with E-state index in [1.807, 2.05) is 12.1 Å². The van der Waals surface area contributed by atoms with Crippen LogP contribution < -0.4 is 19.5 Å². The van der Waals surface area contributed by atoms with Crippen molar-refractivity contribution in [2.75, 3.05) is 18.4 Å². The Bertz CT molecular complexity index is 1040. The van der Waals surface area contributed by atoms with Gasteiger partial charge in [0.2, 0.25) is 5.88 Å². The summed E-state index contributed by atoms with van der Waals surface area (Å²) in [6.07, 6.45) is 5.00. The number of nitrogens with zero attached hydrogens (tertiary/aromatic N) is 2. The zero-order valence-electron chi connectivity index (χ0n) is 15.4. The van der Waals surface area contributed by atoms with Crippen LogP contribution in [0.25, 0.3) is 0 Å². The van der Waals surface area contributed by atoms with Gasteiger partial charge in [0.25, 0.3) is 5.91 Å². The number of nitrogens with one attached hydrogen (secondary N) is 2. The van der Waals surface area contributed by atoms with Gasteiger partial charge in [0.1, 0.15) is 17.9 Å². The summed E-state index contributed by atoms with van der Waals surface area (Å²) in [7, 11) is 1.59. The molecule has 1 atom stereocenters. The van der Waals surface area contributed by atoms with E-state index in [9.17, 15) is 4.79 Å². The molecule has 0 saturated heterocycles. The summed E-state index contributed by atoms with van der Waals surface area (Å²) < 4.78 is 14.3. The van der Waals surface area contributed by atoms with Crippen molar-refractivity contribution in [3.63, 3.8) is 0 Å². The summed E-state index contributed by atoms with van der Waals surface area (Å²) in [5.74, 6) is 0.729. The van der Waals surface area contributed by atoms with Crippen molar-refractivity contribution in [2.45, 2.75) is 10.9 Å². The Morgan fingerprint density at radius 3 is 3.00 bits per heavy atom. The van der Waals surface area contributed by atoms with Gasteiger partial charge in [-0.1, -0.05) is 17.7 Å². The van der Waals surface area contributed by atoms with E-state index in [2.05, 4.69) is 20.0 Å². The fourth-order valence-corrected chi connectivity index (χ4v) is 3.85. The number of carbonyl (C=O) groups excluding carboxylic acids is 1. The van der Waals surface area contributed by atoms with E-state index in [0.29, 0.717) is 27.9 Å². The number of halogens is 1. The van der Waals surface area contributed by atoms with Gasteiger partial charge in [0, 0.05) is 17.4 Å². The monoisotopic (exact) mass is 428 g/mol. The molecular weight excluding hydrogens is 412 g/mol. The molecule has 2 N–H and O–H groups in total. The predicted octanol–water partition coefficient (Wildman–Crippen LogP) is 4.12. The maximum Gasteiger partial charge on any atom is 0.257 e. The fraction of sp³-hybridized carbons (Fsp3) is 0.150. The number of pyridine rings is 2. The van der Waals surface area contributed by atoms with Gasteiger partial charge < -0.3 is 19.5 Å². The summed E-state index contributed by atoms with van der Waals surface area (Å²) in [4.78, 5) is 21.9. The van der Waals surface area contributed by atoms with Gasteiger partial charge in [-0.05, 0) is 47.8 Å². The lowest BCUT2D eigenvalue weighted by molar-refractivity contribution is 0.0938. The first kappa shape index (κ1) is 19.4. The van der Waals surface area contributed by atoms with Crippen LogP contribution in [-0.4, -0.2) is 29.6 Å². The van der Waals surface area contributed by atoms with Crippen LogP contribution in [0.5, 0.6) is 11.6 Å². The van der Waals surface area contributed by atoms with E-state index >= 15 is 0 Å². The van der Waals surface area contributed by atoms with Crippen molar-refractivity contribution in [3.05, 3.63) is 71.1 Å². The highest BCUT2D eigenvalue weighted by atomic mass is 35.5. The first-order valence-corrected chi connectivity index (χ1v) is 9.93. The van der Waals surface area contributed by atoms with Crippen molar-refractivity contribution in [3.8, 4) is 11.6 Å². The average Bonchev–Trinajstić information content (AvgIpc) is 2.92. The molecule has 148 valence electrons. The summed E-state index contributed by atoms with van der Waals surface area (Å²) >= 11 is 7.38. The Morgan fingerprint density at radius 1 is 1.31 bits per heavy atom. The highest BCUT2D eigenvalue weighted by molar-refractivity contribution is 8.00. The van der Waals surface area contributed by atoms with Gasteiger partial charge in [0.15, 0.2) is 0 Å². The minimum Gasteiger partial charge on any atom is -0.496 e. The molecule has 0 bridgehead atoms. The van der Waals surface area contributed by atoms with E-state index in [1.54, 1.807) is 50.0 Å². The summed E-state index contributed by atoms with van der Waals surface area (Å²) in [5, 5.41) is 3.56. The highest BCUT2D eigenvalue weighted by Gasteiger charge is 2.25. The van der Waals surface area contributed by atoms with Gasteiger partial charge in [-0.15, -0.1) is 0 Å². The van der Waals surface area contributed by atoms with Crippen LogP contribution in [0.2, 0.25) is 5.02 Å². The number of hydrogen-bond donors (Lipinski definition) is 2. The van der Waals surface area contributed by atoms with Crippen LogP contribution in [0, 0.1) is 0 Å². The largest absolute Gasteiger partial charge is 0.496 e. The van der Waals surface area contributed by atoms with Crippen LogP contribution in [0.3, 0.4) is 0 Å². The van der Waals surface area contributed by atoms with Crippen LogP contribution in [-0.2, 0) is 0 Å². The van der Waals surface area contributed by atoms with Gasteiger partial charge in [-0.3, -0.25) is 9.78 Å². The quantitative estimate of drug-likeness (QED) is 0.591. The number of ether oxygens (including phenoxy) is 2. The molecule has 4 rings (SSSR count). The second kappa shape index (κ2) is 8.59. The summed E-state index contributed by atoms with van der Waals surface area (Å²) in [6, 6.07) is 10.5. The Balaban J connectivity index is 1.51. The second-order valence-electron chi connectivity index (χ2n) is 6.20. The molecular formula is C20H17ClN4O3S. The summed E-state index contributed by atoms with van der Waals surface area (Å²) in [5.41, 5.74) is 1.88. The number of hydrogen-bond acceptors (Lipinski definition) is 7. The molecule has 1 aliphatic rings. The van der Waals surface area contributed by atoms with Crippen molar-refractivity contribution in [1.82, 2.24) is 15.3 Å². The van der Waals surface area contributed by atoms with Crippen molar-refractivity contribution >= 4 is 35.1 Å². The molecule has 0 spiro atoms. The van der Waals surface area contributed by atoms with Gasteiger partial charge in [-0.25, -0.2) is 4.98 Å². The van der Waals surface area contributed by atoms with Crippen LogP contribution in [0.15, 0.2) is 59.9 Å². The lowest BCUT2D eigenvalue weighted by atomic mass is 10.1. The van der Waals surface area contributed by atoms with E-state index in [1.165, 1.54) is 11.9 Å². The number of methoxy groups -OCH3 is 1. The molecule has 0 saturated carbocycles. The molecule has 7 nitrogen and oxygen atoms in total. The predicted molar refractivity (Wildman–Crippen MR) is 112 cm³/mol. The van der Waals surface area contributed by atoms with Crippen molar-refractivity contribution in [1.29, 1.82) is 0 Å². The minimum atomic E-state index is -0.299. The molecule has 1 amide bonds. The van der Waals surface area contributed by atoms with E-state index in [-0.39, 0.29) is 18.6 Å². The van der Waals surface area contributed by atoms with Crippen LogP contribution in [0.1, 0.15) is 22.0 Å². The molecule has 0 aliphatic carbocycles. The fourth-order valence-electron chi connectivity index (χ4n) is 2.83. The van der Waals surface area contributed by atoms with Gasteiger partial charge >= 0.3 is 0 Å². The van der Waals surface area contributed by atoms with Gasteiger partial charge in [0.05, 0.1) is 29.9 Å². The minimum absolute atomic E-state index is 0.257. The number of benzene rings is 1. The molecule has 29 heavy (non-hydrogen) atoms. The smallest absolute Gasteiger partial charge is 0.257 e. The SMILES string of the molecule is COc1ccc(Cl)cc1SNc1cnc2c(c1)C(=O)NC(c1cccnc1)CO2. The lowest BCUT2D eigenvalue weighted by Crippen LogP contribution is -2.29. The molecule has 1 unspecified atom stereocenters. The Labute approximate surface area is 176 Å². The summed E-state index contributed by atoms with van der Waals surface area (Å²) in [6.45, 7) is 0.276. The number of fused-ring (bicyclic) bond motifs is 1. The average molecular weight is 429 g/mol. The third-order valence-corrected chi connectivity index (χ3v) is 5.39. The zero-order chi connectivity index (χ0) is 20.2. The molecule has 0 fully saturated rings. The molecule has 0 radical (unpaired) electrons. The van der Waals surface area contributed by atoms with E-state index < -0.39 is 0 Å². The molecule has 1 aromatic carbocycles. The van der Waals surface area contributed by atoms with Crippen LogP contribution in [0.4, 0.5) is 5.69 Å². The Kier molecular flexibility index (Phi) is 5.73. The normalized spacial score (nSPS) is 15.5. The van der Waals surface area contributed by atoms with Gasteiger partial charge in [-0.2, -0.15) is 0 Å². The first-order chi connectivity index (χ1) is 14.1. The molecule has 2 aromatic heterocycles. The van der Waals surface area contributed by atoms with E-state index in [4.69, 9.17) is 21.1 Å². The van der Waals surface area contributed by atoms with Crippen molar-refractivity contribution < 1.29 is 14.3 Å². The van der Waals surface area contributed by atoms with Crippen LogP contribution >= 0.6 is 23.5 Å². The number of carbonyl (C=O) groups is 1. The Morgan fingerprint density at radius 2 is 2.21 bits per heavy atom. The first-order valence-electron chi connectivity index (χ1n) is 8.74. The molecule has 3 aromatic rings. The third kappa shape index (κ3) is 4.38. The third-order valence-electron chi connectivity index (χ3n) is 4.28. The molecule has 1 aliphatic heterocycles. The molecule has 9 heteroatoms. The van der Waals surface area contributed by atoms with E-state index in [0.717, 1.165) is 10.5 Å². The lowest BCUT2D eigenvalue weighted by Gasteiger charge is -2.14. The topological polar surface area (TPSA) is 85.4 Å². The Hall–Kier alpha value is -2.97. The zero-order valence-corrected chi connectivity index (χ0v) is 17.0. The highest BCUT2D eigenvalue weighted by Crippen LogP contribution is 2.33. The number of rotatable bonds is 5. The van der Waals surface area contributed by atoms with Crippen molar-refractivity contribution in [2.24, 2.45) is 0 Å². The molecule has 3 heterocycles. The number of anilines is 1. The maximum absolute atomic E-state index is 12.7. The standard InChI is InChI=1S/C20H17ClN4O3S/c1-27-17-5-4-13(21)7-18(17)29-25-14-8-15-19(26)24-16(11-28-20(15)23-10-14)12-3-2-6-22-9-12/h2-10,16,25H,11H2,1H3,(H,24,26). The number of aromatic nitrogens is 2.